The predicted octanol–water partition coefficient (Wildman–Crippen LogP) is 2.84. The third-order valence-corrected chi connectivity index (χ3v) is 2.66. The van der Waals surface area contributed by atoms with E-state index in [1.807, 2.05) is 43.3 Å². The Balaban J connectivity index is 2.46. The van der Waals surface area contributed by atoms with E-state index in [0.29, 0.717) is 0 Å². The van der Waals surface area contributed by atoms with Gasteiger partial charge in [0.1, 0.15) is 0 Å². The molecule has 3 heteroatoms. The second-order valence-corrected chi connectivity index (χ2v) is 3.97. The van der Waals surface area contributed by atoms with Gasteiger partial charge in [-0.15, -0.1) is 0 Å². The van der Waals surface area contributed by atoms with Crippen molar-refractivity contribution >= 4 is 11.4 Å². The summed E-state index contributed by atoms with van der Waals surface area (Å²) in [5.74, 6) is 0. The van der Waals surface area contributed by atoms with Gasteiger partial charge in [0, 0.05) is 29.7 Å². The van der Waals surface area contributed by atoms with Crippen molar-refractivity contribution in [1.29, 1.82) is 0 Å². The molecule has 0 aliphatic carbocycles. The minimum absolute atomic E-state index is 0.0608. The minimum atomic E-state index is -0.0608. The van der Waals surface area contributed by atoms with E-state index >= 15 is 0 Å². The minimum Gasteiger partial charge on any atom is -0.342 e. The van der Waals surface area contributed by atoms with Crippen molar-refractivity contribution in [2.24, 2.45) is 0 Å². The summed E-state index contributed by atoms with van der Waals surface area (Å²) in [7, 11) is 0. The lowest BCUT2D eigenvalue weighted by Gasteiger charge is -2.23. The maximum atomic E-state index is 11.5. The molecule has 0 saturated carbocycles. The van der Waals surface area contributed by atoms with E-state index in [-0.39, 0.29) is 5.56 Å². The lowest BCUT2D eigenvalue weighted by Crippen LogP contribution is -2.19. The molecule has 0 saturated heterocycles. The van der Waals surface area contributed by atoms with Gasteiger partial charge in [0.25, 0.3) is 0 Å². The van der Waals surface area contributed by atoms with Crippen LogP contribution >= 0.6 is 0 Å². The van der Waals surface area contributed by atoms with Crippen molar-refractivity contribution in [3.63, 3.8) is 0 Å². The van der Waals surface area contributed by atoms with Gasteiger partial charge in [-0.3, -0.25) is 4.79 Å². The molecule has 88 valence electrons. The number of hydrogen-bond donors (Lipinski definition) is 1. The molecule has 1 heterocycles. The summed E-state index contributed by atoms with van der Waals surface area (Å²) in [6.45, 7) is 4.79. The van der Waals surface area contributed by atoms with Crippen LogP contribution in [-0.2, 0) is 0 Å². The van der Waals surface area contributed by atoms with Crippen LogP contribution in [0.1, 0.15) is 12.6 Å². The summed E-state index contributed by atoms with van der Waals surface area (Å²) in [5.41, 5.74) is 2.84. The SMILES string of the molecule is CCN(c1ccccc1)c1cc(C)[nH]c(=O)c1. The summed E-state index contributed by atoms with van der Waals surface area (Å²) in [5, 5.41) is 0. The van der Waals surface area contributed by atoms with Crippen molar-refractivity contribution in [3.8, 4) is 0 Å². The Kier molecular flexibility index (Phi) is 3.28. The average Bonchev–Trinajstić information content (AvgIpc) is 2.30. The first kappa shape index (κ1) is 11.5. The molecular formula is C14H16N2O. The van der Waals surface area contributed by atoms with Gasteiger partial charge < -0.3 is 9.88 Å². The van der Waals surface area contributed by atoms with Crippen LogP contribution < -0.4 is 10.5 Å². The molecule has 0 amide bonds. The Morgan fingerprint density at radius 1 is 1.12 bits per heavy atom. The van der Waals surface area contributed by atoms with Crippen LogP contribution in [-0.4, -0.2) is 11.5 Å². The normalized spacial score (nSPS) is 10.2. The molecule has 0 spiro atoms. The van der Waals surface area contributed by atoms with E-state index < -0.39 is 0 Å². The fourth-order valence-corrected chi connectivity index (χ4v) is 1.94. The zero-order valence-corrected chi connectivity index (χ0v) is 10.1. The van der Waals surface area contributed by atoms with Gasteiger partial charge >= 0.3 is 0 Å². The van der Waals surface area contributed by atoms with Crippen LogP contribution in [0, 0.1) is 6.92 Å². The standard InChI is InChI=1S/C14H16N2O/c1-3-16(12-7-5-4-6-8-12)13-9-11(2)15-14(17)10-13/h4-10H,3H2,1-2H3,(H,15,17). The van der Waals surface area contributed by atoms with Crippen molar-refractivity contribution in [2.75, 3.05) is 11.4 Å². The van der Waals surface area contributed by atoms with Gasteiger partial charge in [-0.2, -0.15) is 0 Å². The largest absolute Gasteiger partial charge is 0.342 e. The first-order valence-electron chi connectivity index (χ1n) is 5.74. The molecule has 0 atom stereocenters. The molecular weight excluding hydrogens is 212 g/mol. The third-order valence-electron chi connectivity index (χ3n) is 2.66. The van der Waals surface area contributed by atoms with Crippen LogP contribution in [0.2, 0.25) is 0 Å². The van der Waals surface area contributed by atoms with Crippen molar-refractivity contribution in [3.05, 3.63) is 58.5 Å². The number of aromatic nitrogens is 1. The molecule has 0 radical (unpaired) electrons. The molecule has 1 N–H and O–H groups in total. The van der Waals surface area contributed by atoms with Crippen LogP contribution in [0.25, 0.3) is 0 Å². The number of aromatic amines is 1. The number of anilines is 2. The Hall–Kier alpha value is -2.03. The molecule has 1 aromatic heterocycles. The summed E-state index contributed by atoms with van der Waals surface area (Å²) < 4.78 is 0. The lowest BCUT2D eigenvalue weighted by atomic mass is 10.2. The Morgan fingerprint density at radius 3 is 2.41 bits per heavy atom. The number of hydrogen-bond acceptors (Lipinski definition) is 2. The number of rotatable bonds is 3. The van der Waals surface area contributed by atoms with E-state index in [9.17, 15) is 4.79 Å². The topological polar surface area (TPSA) is 36.1 Å². The molecule has 2 rings (SSSR count). The monoisotopic (exact) mass is 228 g/mol. The van der Waals surface area contributed by atoms with E-state index in [1.165, 1.54) is 0 Å². The van der Waals surface area contributed by atoms with E-state index in [2.05, 4.69) is 16.8 Å². The fraction of sp³-hybridized carbons (Fsp3) is 0.214. The van der Waals surface area contributed by atoms with E-state index in [4.69, 9.17) is 0 Å². The number of benzene rings is 1. The quantitative estimate of drug-likeness (QED) is 0.876. The first-order chi connectivity index (χ1) is 8.20. The first-order valence-corrected chi connectivity index (χ1v) is 5.74. The van der Waals surface area contributed by atoms with Crippen molar-refractivity contribution in [2.45, 2.75) is 13.8 Å². The summed E-state index contributed by atoms with van der Waals surface area (Å²) in [6, 6.07) is 13.7. The Bertz CT molecular complexity index is 546. The highest BCUT2D eigenvalue weighted by atomic mass is 16.1. The highest BCUT2D eigenvalue weighted by Crippen LogP contribution is 2.23. The molecule has 0 bridgehead atoms. The molecule has 0 aliphatic heterocycles. The lowest BCUT2D eigenvalue weighted by molar-refractivity contribution is 1.01. The van der Waals surface area contributed by atoms with E-state index in [1.54, 1.807) is 6.07 Å². The van der Waals surface area contributed by atoms with Gasteiger partial charge in [-0.05, 0) is 32.0 Å². The maximum absolute atomic E-state index is 11.5. The number of nitrogens with one attached hydrogen (secondary N) is 1. The second-order valence-electron chi connectivity index (χ2n) is 3.97. The molecule has 0 aliphatic rings. The molecule has 1 aromatic carbocycles. The van der Waals surface area contributed by atoms with Crippen LogP contribution in [0.15, 0.2) is 47.3 Å². The van der Waals surface area contributed by atoms with Crippen LogP contribution in [0.3, 0.4) is 0 Å². The Morgan fingerprint density at radius 2 is 1.82 bits per heavy atom. The van der Waals surface area contributed by atoms with Gasteiger partial charge in [0.05, 0.1) is 0 Å². The number of pyridine rings is 1. The average molecular weight is 228 g/mol. The molecule has 3 nitrogen and oxygen atoms in total. The highest BCUT2D eigenvalue weighted by molar-refractivity contribution is 5.62. The molecule has 17 heavy (non-hydrogen) atoms. The summed E-state index contributed by atoms with van der Waals surface area (Å²) in [6.07, 6.45) is 0. The summed E-state index contributed by atoms with van der Waals surface area (Å²) >= 11 is 0. The number of para-hydroxylation sites is 1. The fourth-order valence-electron chi connectivity index (χ4n) is 1.94. The van der Waals surface area contributed by atoms with Crippen molar-refractivity contribution < 1.29 is 0 Å². The van der Waals surface area contributed by atoms with Gasteiger partial charge in [0.2, 0.25) is 5.56 Å². The summed E-state index contributed by atoms with van der Waals surface area (Å²) in [4.78, 5) is 16.4. The number of H-pyrrole nitrogens is 1. The Labute approximate surface area is 101 Å². The highest BCUT2D eigenvalue weighted by Gasteiger charge is 2.07. The zero-order valence-electron chi connectivity index (χ0n) is 10.1. The molecule has 0 unspecified atom stereocenters. The van der Waals surface area contributed by atoms with Gasteiger partial charge in [0.15, 0.2) is 0 Å². The second kappa shape index (κ2) is 4.87. The third kappa shape index (κ3) is 2.56. The van der Waals surface area contributed by atoms with Gasteiger partial charge in [-0.25, -0.2) is 0 Å². The molecule has 0 fully saturated rings. The van der Waals surface area contributed by atoms with Gasteiger partial charge in [-0.1, -0.05) is 18.2 Å². The van der Waals surface area contributed by atoms with Crippen LogP contribution in [0.5, 0.6) is 0 Å². The zero-order chi connectivity index (χ0) is 12.3. The van der Waals surface area contributed by atoms with Crippen molar-refractivity contribution in [1.82, 2.24) is 4.98 Å². The predicted molar refractivity (Wildman–Crippen MR) is 70.9 cm³/mol. The molecule has 2 aromatic rings. The van der Waals surface area contributed by atoms with E-state index in [0.717, 1.165) is 23.6 Å². The smallest absolute Gasteiger partial charge is 0.250 e. The maximum Gasteiger partial charge on any atom is 0.250 e. The number of aryl methyl sites for hydroxylation is 1. The number of nitrogens with zero attached hydrogens (tertiary/aromatic N) is 1. The van der Waals surface area contributed by atoms with Crippen LogP contribution in [0.4, 0.5) is 11.4 Å².